The largest absolute Gasteiger partial charge is 0.367 e. The van der Waals surface area contributed by atoms with Gasteiger partial charge in [-0.3, -0.25) is 24.8 Å². The summed E-state index contributed by atoms with van der Waals surface area (Å²) in [5, 5.41) is 14.8. The molecule has 1 N–H and O–H groups in total. The van der Waals surface area contributed by atoms with Crippen molar-refractivity contribution in [3.05, 3.63) is 40.6 Å². The highest BCUT2D eigenvalue weighted by molar-refractivity contribution is 5.97. The number of benzene rings is 1. The zero-order chi connectivity index (χ0) is 19.4. The van der Waals surface area contributed by atoms with Crippen molar-refractivity contribution in [1.29, 1.82) is 0 Å². The number of nitro groups is 1. The molecule has 2 heterocycles. The first-order valence-corrected chi connectivity index (χ1v) is 9.28. The number of aromatic nitrogens is 1. The van der Waals surface area contributed by atoms with E-state index in [1.54, 1.807) is 30.5 Å². The van der Waals surface area contributed by atoms with Crippen LogP contribution in [0.5, 0.6) is 0 Å². The predicted molar refractivity (Wildman–Crippen MR) is 105 cm³/mol. The van der Waals surface area contributed by atoms with E-state index in [9.17, 15) is 14.9 Å². The number of rotatable bonds is 6. The third kappa shape index (κ3) is 4.33. The molecule has 1 atom stereocenters. The summed E-state index contributed by atoms with van der Waals surface area (Å²) in [7, 11) is 0. The molecule has 8 heteroatoms. The summed E-state index contributed by atoms with van der Waals surface area (Å²) in [6.45, 7) is 7.48. The lowest BCUT2D eigenvalue weighted by Crippen LogP contribution is -2.50. The number of fused-ring (bicyclic) bond motifs is 1. The molecule has 2 aromatic rings. The average Bonchev–Trinajstić information content (AvgIpc) is 2.67. The molecule has 1 fully saturated rings. The number of nitrogens with zero attached hydrogens (tertiary/aromatic N) is 4. The Morgan fingerprint density at radius 1 is 1.30 bits per heavy atom. The van der Waals surface area contributed by atoms with Crippen molar-refractivity contribution in [3.8, 4) is 0 Å². The Bertz CT molecular complexity index is 833. The number of pyridine rings is 1. The smallest absolute Gasteiger partial charge is 0.278 e. The fourth-order valence-electron chi connectivity index (χ4n) is 3.33. The predicted octanol–water partition coefficient (Wildman–Crippen LogP) is 2.18. The van der Waals surface area contributed by atoms with Crippen molar-refractivity contribution < 1.29 is 9.72 Å². The molecule has 144 valence electrons. The minimum absolute atomic E-state index is 0.0558. The lowest BCUT2D eigenvalue weighted by atomic mass is 10.1. The first-order chi connectivity index (χ1) is 13.0. The second-order valence-corrected chi connectivity index (χ2v) is 6.90. The van der Waals surface area contributed by atoms with Gasteiger partial charge in [0.1, 0.15) is 5.52 Å². The van der Waals surface area contributed by atoms with Gasteiger partial charge in [0.05, 0.1) is 22.5 Å². The Labute approximate surface area is 158 Å². The van der Waals surface area contributed by atoms with Crippen LogP contribution >= 0.6 is 0 Å². The van der Waals surface area contributed by atoms with Crippen LogP contribution in [0.25, 0.3) is 10.9 Å². The van der Waals surface area contributed by atoms with Crippen LogP contribution in [0.2, 0.25) is 0 Å². The minimum Gasteiger partial charge on any atom is -0.367 e. The van der Waals surface area contributed by atoms with Gasteiger partial charge in [-0.05, 0) is 31.5 Å². The maximum absolute atomic E-state index is 12.1. The highest BCUT2D eigenvalue weighted by Crippen LogP contribution is 2.32. The molecule has 0 radical (unpaired) electrons. The molecule has 3 rings (SSSR count). The van der Waals surface area contributed by atoms with Crippen LogP contribution in [0.3, 0.4) is 0 Å². The number of carbonyl (C=O) groups is 1. The second kappa shape index (κ2) is 8.30. The number of piperazine rings is 1. The summed E-state index contributed by atoms with van der Waals surface area (Å²) in [4.78, 5) is 31.7. The number of carbonyl (C=O) groups excluding carboxylic acids is 1. The average molecular weight is 371 g/mol. The second-order valence-electron chi connectivity index (χ2n) is 6.90. The van der Waals surface area contributed by atoms with Gasteiger partial charge in [0.25, 0.3) is 5.69 Å². The molecular formula is C19H25N5O3. The highest BCUT2D eigenvalue weighted by Gasteiger charge is 2.23. The van der Waals surface area contributed by atoms with Crippen LogP contribution in [0, 0.1) is 10.1 Å². The fraction of sp³-hybridized carbons (Fsp3) is 0.474. The number of amides is 1. The van der Waals surface area contributed by atoms with Crippen LogP contribution in [0.1, 0.15) is 20.3 Å². The first-order valence-electron chi connectivity index (χ1n) is 9.28. The number of nitrogens with one attached hydrogen (secondary N) is 1. The summed E-state index contributed by atoms with van der Waals surface area (Å²) < 4.78 is 0. The van der Waals surface area contributed by atoms with E-state index in [0.717, 1.165) is 38.3 Å². The molecule has 0 saturated carbocycles. The number of anilines is 1. The molecule has 1 amide bonds. The van der Waals surface area contributed by atoms with Crippen LogP contribution in [-0.4, -0.2) is 59.5 Å². The Morgan fingerprint density at radius 3 is 2.70 bits per heavy atom. The molecule has 8 nitrogen and oxygen atoms in total. The zero-order valence-corrected chi connectivity index (χ0v) is 15.7. The van der Waals surface area contributed by atoms with Crippen LogP contribution in [-0.2, 0) is 4.79 Å². The van der Waals surface area contributed by atoms with Crippen molar-refractivity contribution in [2.24, 2.45) is 0 Å². The summed E-state index contributed by atoms with van der Waals surface area (Å²) in [5.41, 5.74) is 1.62. The van der Waals surface area contributed by atoms with E-state index < -0.39 is 0 Å². The summed E-state index contributed by atoms with van der Waals surface area (Å²) >= 11 is 0. The van der Waals surface area contributed by atoms with Gasteiger partial charge in [0.2, 0.25) is 5.91 Å². The lowest BCUT2D eigenvalue weighted by molar-refractivity contribution is -0.383. The molecule has 1 saturated heterocycles. The zero-order valence-electron chi connectivity index (χ0n) is 15.7. The van der Waals surface area contributed by atoms with Gasteiger partial charge in [-0.2, -0.15) is 0 Å². The number of nitro benzene ring substituents is 1. The molecule has 0 bridgehead atoms. The van der Waals surface area contributed by atoms with E-state index in [2.05, 4.69) is 20.1 Å². The van der Waals surface area contributed by atoms with Gasteiger partial charge < -0.3 is 10.2 Å². The van der Waals surface area contributed by atoms with E-state index >= 15 is 0 Å². The van der Waals surface area contributed by atoms with Crippen LogP contribution in [0.4, 0.5) is 11.4 Å². The summed E-state index contributed by atoms with van der Waals surface area (Å²) in [5.74, 6) is 0.0558. The number of hydrogen-bond acceptors (Lipinski definition) is 6. The van der Waals surface area contributed by atoms with Gasteiger partial charge in [-0.15, -0.1) is 0 Å². The standard InChI is InChI=1S/C19H25N5O3/c1-3-14(2)21-18(25)13-22-9-11-23(12-10-22)17-7-6-16(24(26)27)15-5-4-8-20-19(15)17/h4-8,14H,3,9-13H2,1-2H3,(H,21,25)/t14-/m1/s1. The highest BCUT2D eigenvalue weighted by atomic mass is 16.6. The van der Waals surface area contributed by atoms with Gasteiger partial charge in [-0.1, -0.05) is 6.92 Å². The Morgan fingerprint density at radius 2 is 2.04 bits per heavy atom. The SMILES string of the molecule is CC[C@@H](C)NC(=O)CN1CCN(c2ccc([N+](=O)[O-])c3cccnc23)CC1. The third-order valence-corrected chi connectivity index (χ3v) is 5.02. The lowest BCUT2D eigenvalue weighted by Gasteiger charge is -2.36. The van der Waals surface area contributed by atoms with Crippen LogP contribution in [0.15, 0.2) is 30.5 Å². The van der Waals surface area contributed by atoms with Crippen molar-refractivity contribution in [2.75, 3.05) is 37.6 Å². The summed E-state index contributed by atoms with van der Waals surface area (Å²) in [6.07, 6.45) is 2.57. The molecule has 1 aromatic carbocycles. The van der Waals surface area contributed by atoms with Crippen molar-refractivity contribution in [1.82, 2.24) is 15.2 Å². The monoisotopic (exact) mass is 371 g/mol. The quantitative estimate of drug-likeness (QED) is 0.618. The Hall–Kier alpha value is -2.74. The van der Waals surface area contributed by atoms with Gasteiger partial charge in [-0.25, -0.2) is 0 Å². The normalized spacial score (nSPS) is 16.3. The van der Waals surface area contributed by atoms with E-state index in [1.165, 1.54) is 0 Å². The topological polar surface area (TPSA) is 91.6 Å². The first kappa shape index (κ1) is 19.0. The van der Waals surface area contributed by atoms with Gasteiger partial charge in [0.15, 0.2) is 0 Å². The molecule has 1 aromatic heterocycles. The molecule has 1 aliphatic heterocycles. The Kier molecular flexibility index (Phi) is 5.85. The maximum Gasteiger partial charge on any atom is 0.278 e. The Balaban J connectivity index is 1.69. The third-order valence-electron chi connectivity index (χ3n) is 5.02. The fourth-order valence-corrected chi connectivity index (χ4v) is 3.33. The maximum atomic E-state index is 12.1. The van der Waals surface area contributed by atoms with Crippen molar-refractivity contribution in [3.63, 3.8) is 0 Å². The van der Waals surface area contributed by atoms with E-state index in [0.29, 0.717) is 17.4 Å². The number of hydrogen-bond donors (Lipinski definition) is 1. The van der Waals surface area contributed by atoms with Gasteiger partial charge in [0, 0.05) is 44.5 Å². The molecule has 0 aliphatic carbocycles. The van der Waals surface area contributed by atoms with Crippen molar-refractivity contribution >= 4 is 28.2 Å². The van der Waals surface area contributed by atoms with Crippen LogP contribution < -0.4 is 10.2 Å². The van der Waals surface area contributed by atoms with Gasteiger partial charge >= 0.3 is 0 Å². The molecule has 1 aliphatic rings. The molecular weight excluding hydrogens is 346 g/mol. The summed E-state index contributed by atoms with van der Waals surface area (Å²) in [6, 6.07) is 6.97. The van der Waals surface area contributed by atoms with E-state index in [1.807, 2.05) is 13.8 Å². The molecule has 0 unspecified atom stereocenters. The molecule has 0 spiro atoms. The number of non-ortho nitro benzene ring substituents is 1. The van der Waals surface area contributed by atoms with E-state index in [4.69, 9.17) is 0 Å². The van der Waals surface area contributed by atoms with E-state index in [-0.39, 0.29) is 22.6 Å². The molecule has 27 heavy (non-hydrogen) atoms. The minimum atomic E-state index is -0.373. The van der Waals surface area contributed by atoms with Crippen molar-refractivity contribution in [2.45, 2.75) is 26.3 Å².